The second kappa shape index (κ2) is 19.0. The zero-order chi connectivity index (χ0) is 35.6. The normalized spacial score (nSPS) is 20.6. The molecule has 0 saturated heterocycles. The van der Waals surface area contributed by atoms with Crippen molar-refractivity contribution in [1.29, 1.82) is 0 Å². The van der Waals surface area contributed by atoms with Crippen LogP contribution in [0.4, 0.5) is 0 Å². The third-order valence-electron chi connectivity index (χ3n) is 13.2. The van der Waals surface area contributed by atoms with Crippen molar-refractivity contribution in [2.24, 2.45) is 0 Å². The third kappa shape index (κ3) is 8.90. The fourth-order valence-electron chi connectivity index (χ4n) is 10.3. The van der Waals surface area contributed by atoms with Crippen molar-refractivity contribution >= 4 is 109 Å². The van der Waals surface area contributed by atoms with Gasteiger partial charge in [0, 0.05) is 32.5 Å². The van der Waals surface area contributed by atoms with Gasteiger partial charge in [-0.15, -0.1) is 0 Å². The van der Waals surface area contributed by atoms with Crippen molar-refractivity contribution in [3.63, 3.8) is 0 Å². The standard InChI is InChI=1S/C50H56Si.4Li.4H/c1-30(2)39-21-32(5)44-23-34(7)48(46(44)25-39)28-51(29-49-35(8)24-45-33(6)22-40(31(3)4)26-47(45)49)50(43-20-19-37-14-10-12-16-42(37)43)27-38-18-17-36-13-9-11-15-41(36)38;;;;;;;;/h9-26,30-31,38,43,48-51H,27-29H2,1-8H3;;;;;;;;. The molecule has 55 heavy (non-hydrogen) atoms. The molecule has 0 amide bonds. The molecular weight excluding hydrogens is 656 g/mol. The molecule has 0 fully saturated rings. The van der Waals surface area contributed by atoms with Crippen molar-refractivity contribution in [2.45, 2.75) is 115 Å². The van der Waals surface area contributed by atoms with Crippen LogP contribution in [0.3, 0.4) is 0 Å². The molecule has 0 aromatic heterocycles. The molecule has 0 aliphatic heterocycles. The number of benzene rings is 4. The second-order valence-corrected chi connectivity index (χ2v) is 20.4. The fraction of sp³-hybridized carbons (Fsp3) is 0.360. The molecule has 0 N–H and O–H groups in total. The van der Waals surface area contributed by atoms with Gasteiger partial charge in [-0.05, 0) is 130 Å². The second-order valence-electron chi connectivity index (χ2n) is 17.1. The van der Waals surface area contributed by atoms with Gasteiger partial charge in [-0.2, -0.15) is 0 Å². The number of rotatable bonds is 10. The summed E-state index contributed by atoms with van der Waals surface area (Å²) in [4.78, 5) is 0. The summed E-state index contributed by atoms with van der Waals surface area (Å²) in [6.07, 6.45) is 16.3. The van der Waals surface area contributed by atoms with Crippen molar-refractivity contribution in [3.05, 3.63) is 163 Å². The molecule has 268 valence electrons. The van der Waals surface area contributed by atoms with Crippen LogP contribution in [0.25, 0.3) is 24.3 Å². The van der Waals surface area contributed by atoms with Gasteiger partial charge >= 0.3 is 75.4 Å². The molecule has 5 heteroatoms. The van der Waals surface area contributed by atoms with Crippen LogP contribution in [0.1, 0.15) is 150 Å². The van der Waals surface area contributed by atoms with Crippen molar-refractivity contribution < 1.29 is 0 Å². The first kappa shape index (κ1) is 46.1. The summed E-state index contributed by atoms with van der Waals surface area (Å²) in [5.74, 6) is 3.04. The molecule has 4 aromatic carbocycles. The average Bonchev–Trinajstić information content (AvgIpc) is 3.88. The molecule has 0 saturated carbocycles. The summed E-state index contributed by atoms with van der Waals surface area (Å²) in [5.41, 5.74) is 21.9. The molecule has 8 rings (SSSR count). The topological polar surface area (TPSA) is 0 Å². The van der Waals surface area contributed by atoms with E-state index in [1.54, 1.807) is 27.8 Å². The summed E-state index contributed by atoms with van der Waals surface area (Å²) < 4.78 is 0. The van der Waals surface area contributed by atoms with Gasteiger partial charge in [0.15, 0.2) is 0 Å². The SMILES string of the molecule is CC1=Cc2c(C)cc(C(C)C)cc2C1C[SiH](CC1C(C)=Cc2c(C)cc(C(C)C)cc21)C(CC1C=Cc2ccccc21)C1C=Cc2ccccc21.[LiH].[LiH].[LiH].[LiH]. The van der Waals surface area contributed by atoms with E-state index >= 15 is 0 Å². The van der Waals surface area contributed by atoms with E-state index in [1.165, 1.54) is 68.6 Å². The van der Waals surface area contributed by atoms with Crippen LogP contribution in [-0.4, -0.2) is 84.2 Å². The molecule has 0 spiro atoms. The Balaban J connectivity index is 0.00000168. The molecule has 4 aliphatic carbocycles. The summed E-state index contributed by atoms with van der Waals surface area (Å²) in [6, 6.07) is 31.2. The van der Waals surface area contributed by atoms with Gasteiger partial charge in [-0.1, -0.05) is 148 Å². The third-order valence-corrected chi connectivity index (χ3v) is 17.3. The molecule has 0 radical (unpaired) electrons. The van der Waals surface area contributed by atoms with Gasteiger partial charge in [0.2, 0.25) is 0 Å². The Labute approximate surface area is 382 Å². The number of aryl methyl sites for hydroxylation is 2. The molecule has 4 aliphatic rings. The van der Waals surface area contributed by atoms with Crippen molar-refractivity contribution in [3.8, 4) is 0 Å². The molecule has 5 unspecified atom stereocenters. The minimum absolute atomic E-state index is 0. The Morgan fingerprint density at radius 3 is 1.51 bits per heavy atom. The van der Waals surface area contributed by atoms with Crippen LogP contribution in [-0.2, 0) is 0 Å². The van der Waals surface area contributed by atoms with Crippen LogP contribution >= 0.6 is 0 Å². The Kier molecular flexibility index (Phi) is 15.9. The van der Waals surface area contributed by atoms with Gasteiger partial charge < -0.3 is 0 Å². The molecule has 0 nitrogen and oxygen atoms in total. The van der Waals surface area contributed by atoms with E-state index in [4.69, 9.17) is 0 Å². The quantitative estimate of drug-likeness (QED) is 0.143. The molecule has 4 aromatic rings. The van der Waals surface area contributed by atoms with E-state index in [-0.39, 0.29) is 75.4 Å². The summed E-state index contributed by atoms with van der Waals surface area (Å²) in [7, 11) is -1.51. The van der Waals surface area contributed by atoms with Crippen LogP contribution in [0.15, 0.2) is 96.1 Å². The van der Waals surface area contributed by atoms with E-state index in [1.807, 2.05) is 0 Å². The van der Waals surface area contributed by atoms with E-state index in [0.717, 1.165) is 0 Å². The Bertz CT molecular complexity index is 2050. The maximum absolute atomic E-state index is 2.61. The number of hydrogen-bond donors (Lipinski definition) is 0. The van der Waals surface area contributed by atoms with E-state index in [2.05, 4.69) is 165 Å². The van der Waals surface area contributed by atoms with Crippen molar-refractivity contribution in [2.75, 3.05) is 0 Å². The zero-order valence-corrected chi connectivity index (χ0v) is 33.3. The fourth-order valence-corrected chi connectivity index (χ4v) is 15.2. The van der Waals surface area contributed by atoms with Crippen LogP contribution in [0.5, 0.6) is 0 Å². The predicted molar refractivity (Wildman–Crippen MR) is 253 cm³/mol. The summed E-state index contributed by atoms with van der Waals surface area (Å²) >= 11 is 0. The predicted octanol–water partition coefficient (Wildman–Crippen LogP) is 11.3. The number of hydrogen-bond acceptors (Lipinski definition) is 0. The monoisotopic (exact) mass is 717 g/mol. The van der Waals surface area contributed by atoms with Gasteiger partial charge in [0.05, 0.1) is 0 Å². The molecule has 0 bridgehead atoms. The first-order valence-corrected chi connectivity index (χ1v) is 22.1. The van der Waals surface area contributed by atoms with Gasteiger partial charge in [-0.3, -0.25) is 0 Å². The zero-order valence-electron chi connectivity index (χ0n) is 32.1. The average molecular weight is 717 g/mol. The first-order chi connectivity index (χ1) is 24.6. The maximum atomic E-state index is 2.61. The van der Waals surface area contributed by atoms with Crippen LogP contribution < -0.4 is 0 Å². The van der Waals surface area contributed by atoms with E-state index in [0.29, 0.717) is 41.0 Å². The number of fused-ring (bicyclic) bond motifs is 4. The van der Waals surface area contributed by atoms with Crippen LogP contribution in [0, 0.1) is 13.8 Å². The first-order valence-electron chi connectivity index (χ1n) is 19.8. The van der Waals surface area contributed by atoms with Gasteiger partial charge in [0.1, 0.15) is 0 Å². The van der Waals surface area contributed by atoms with E-state index in [9.17, 15) is 0 Å². The van der Waals surface area contributed by atoms with Gasteiger partial charge in [0.25, 0.3) is 0 Å². The molecular formula is C50H60Li4Si. The van der Waals surface area contributed by atoms with Gasteiger partial charge in [-0.25, -0.2) is 0 Å². The Morgan fingerprint density at radius 2 is 1.00 bits per heavy atom. The molecule has 0 heterocycles. The number of allylic oxidation sites excluding steroid dienone is 4. The molecule has 5 atom stereocenters. The Morgan fingerprint density at radius 1 is 0.545 bits per heavy atom. The van der Waals surface area contributed by atoms with Crippen molar-refractivity contribution in [1.82, 2.24) is 0 Å². The summed E-state index contributed by atoms with van der Waals surface area (Å²) in [6.45, 7) is 19.0. The Hall–Kier alpha value is -1.55. The van der Waals surface area contributed by atoms with Crippen LogP contribution in [0.2, 0.25) is 17.6 Å². The minimum atomic E-state index is -1.51. The van der Waals surface area contributed by atoms with E-state index < -0.39 is 8.80 Å². The summed E-state index contributed by atoms with van der Waals surface area (Å²) in [5, 5.41) is 0.